The Morgan fingerprint density at radius 1 is 0.931 bits per heavy atom. The van der Waals surface area contributed by atoms with Crippen molar-refractivity contribution in [3.8, 4) is 10.4 Å². The van der Waals surface area contributed by atoms with E-state index >= 15 is 0 Å². The molecule has 0 saturated heterocycles. The predicted molar refractivity (Wildman–Crippen MR) is 121 cm³/mol. The Labute approximate surface area is 177 Å². The fraction of sp³-hybridized carbons (Fsp3) is 0.292. The minimum absolute atomic E-state index is 0.0192. The standard InChI is InChI=1S/C24H26O3S2/c1-17-13-23(28-15-17)21-11-5-18(6-12-21)14-22(25)20-9-7-19(8-10-20)16-29(26,27)24(2,3)4/h5-13,15H,14,16H2,1-4H3. The zero-order valence-electron chi connectivity index (χ0n) is 17.2. The summed E-state index contributed by atoms with van der Waals surface area (Å²) in [5.41, 5.74) is 4.67. The molecule has 1 aromatic heterocycles. The predicted octanol–water partition coefficient (Wildman–Crippen LogP) is 5.86. The smallest absolute Gasteiger partial charge is 0.167 e. The highest BCUT2D eigenvalue weighted by Gasteiger charge is 2.28. The van der Waals surface area contributed by atoms with Gasteiger partial charge in [0.2, 0.25) is 0 Å². The molecule has 3 rings (SSSR count). The summed E-state index contributed by atoms with van der Waals surface area (Å²) < 4.78 is 23.9. The van der Waals surface area contributed by atoms with Crippen LogP contribution in [0.2, 0.25) is 0 Å². The third-order valence-electron chi connectivity index (χ3n) is 4.90. The van der Waals surface area contributed by atoms with E-state index in [1.165, 1.54) is 10.4 Å². The zero-order valence-corrected chi connectivity index (χ0v) is 18.9. The molecule has 0 fully saturated rings. The van der Waals surface area contributed by atoms with Crippen LogP contribution in [0.25, 0.3) is 10.4 Å². The fourth-order valence-electron chi connectivity index (χ4n) is 2.88. The lowest BCUT2D eigenvalue weighted by Gasteiger charge is -2.19. The fourth-order valence-corrected chi connectivity index (χ4v) is 4.85. The van der Waals surface area contributed by atoms with Crippen molar-refractivity contribution in [2.75, 3.05) is 0 Å². The molecule has 0 unspecified atom stereocenters. The van der Waals surface area contributed by atoms with E-state index in [0.717, 1.165) is 11.1 Å². The lowest BCUT2D eigenvalue weighted by molar-refractivity contribution is 0.0993. The molecule has 0 aliphatic heterocycles. The van der Waals surface area contributed by atoms with Gasteiger partial charge >= 0.3 is 0 Å². The minimum atomic E-state index is -3.24. The van der Waals surface area contributed by atoms with Crippen LogP contribution in [0.5, 0.6) is 0 Å². The van der Waals surface area contributed by atoms with E-state index in [1.54, 1.807) is 56.4 Å². The largest absolute Gasteiger partial charge is 0.294 e. The summed E-state index contributed by atoms with van der Waals surface area (Å²) in [6.45, 7) is 7.18. The quantitative estimate of drug-likeness (QED) is 0.464. The van der Waals surface area contributed by atoms with Gasteiger partial charge < -0.3 is 0 Å². The van der Waals surface area contributed by atoms with Crippen LogP contribution in [0.3, 0.4) is 0 Å². The number of hydrogen-bond acceptors (Lipinski definition) is 4. The van der Waals surface area contributed by atoms with Gasteiger partial charge in [-0.15, -0.1) is 11.3 Å². The molecule has 0 amide bonds. The van der Waals surface area contributed by atoms with Crippen LogP contribution in [0, 0.1) is 6.92 Å². The van der Waals surface area contributed by atoms with E-state index in [0.29, 0.717) is 17.5 Å². The summed E-state index contributed by atoms with van der Waals surface area (Å²) >= 11 is 1.72. The van der Waals surface area contributed by atoms with Gasteiger partial charge in [-0.25, -0.2) is 8.42 Å². The summed E-state index contributed by atoms with van der Waals surface area (Å²) in [4.78, 5) is 13.8. The number of ketones is 1. The molecule has 3 nitrogen and oxygen atoms in total. The van der Waals surface area contributed by atoms with E-state index in [4.69, 9.17) is 0 Å². The Kier molecular flexibility index (Phi) is 6.11. The Morgan fingerprint density at radius 2 is 1.52 bits per heavy atom. The van der Waals surface area contributed by atoms with Gasteiger partial charge in [-0.2, -0.15) is 0 Å². The first-order valence-electron chi connectivity index (χ1n) is 9.54. The number of sulfone groups is 1. The Balaban J connectivity index is 1.66. The van der Waals surface area contributed by atoms with Gasteiger partial charge in [0.25, 0.3) is 0 Å². The average Bonchev–Trinajstić information content (AvgIpc) is 3.08. The van der Waals surface area contributed by atoms with Crippen molar-refractivity contribution in [1.29, 1.82) is 0 Å². The second-order valence-electron chi connectivity index (χ2n) is 8.35. The molecular weight excluding hydrogens is 400 g/mol. The van der Waals surface area contributed by atoms with Gasteiger partial charge in [-0.3, -0.25) is 4.79 Å². The van der Waals surface area contributed by atoms with E-state index in [2.05, 4.69) is 18.4 Å². The number of thiophene rings is 1. The molecule has 5 heteroatoms. The highest BCUT2D eigenvalue weighted by molar-refractivity contribution is 7.91. The lowest BCUT2D eigenvalue weighted by Crippen LogP contribution is -2.29. The molecule has 3 aromatic rings. The van der Waals surface area contributed by atoms with Crippen LogP contribution in [-0.4, -0.2) is 18.9 Å². The van der Waals surface area contributed by atoms with Crippen LogP contribution >= 0.6 is 11.3 Å². The summed E-state index contributed by atoms with van der Waals surface area (Å²) in [5.74, 6) is 0.00388. The molecule has 0 spiro atoms. The molecule has 2 aromatic carbocycles. The maximum atomic E-state index is 12.6. The SMILES string of the molecule is Cc1csc(-c2ccc(CC(=O)c3ccc(CS(=O)(=O)C(C)(C)C)cc3)cc2)c1. The maximum Gasteiger partial charge on any atom is 0.167 e. The van der Waals surface area contributed by atoms with Gasteiger partial charge in [0.1, 0.15) is 0 Å². The molecule has 0 saturated carbocycles. The Bertz CT molecular complexity index is 1100. The highest BCUT2D eigenvalue weighted by atomic mass is 32.2. The van der Waals surface area contributed by atoms with Crippen molar-refractivity contribution < 1.29 is 13.2 Å². The maximum absolute atomic E-state index is 12.6. The molecule has 0 aliphatic rings. The van der Waals surface area contributed by atoms with E-state index in [9.17, 15) is 13.2 Å². The van der Waals surface area contributed by atoms with Crippen LogP contribution in [0.15, 0.2) is 60.0 Å². The van der Waals surface area contributed by atoms with Crippen LogP contribution in [-0.2, 0) is 22.0 Å². The summed E-state index contributed by atoms with van der Waals surface area (Å²) in [7, 11) is -3.24. The van der Waals surface area contributed by atoms with Crippen molar-refractivity contribution in [3.63, 3.8) is 0 Å². The van der Waals surface area contributed by atoms with Crippen molar-refractivity contribution in [1.82, 2.24) is 0 Å². The number of benzene rings is 2. The van der Waals surface area contributed by atoms with Crippen LogP contribution in [0.1, 0.15) is 47.8 Å². The van der Waals surface area contributed by atoms with Crippen LogP contribution < -0.4 is 0 Å². The number of rotatable bonds is 6. The molecule has 0 atom stereocenters. The summed E-state index contributed by atoms with van der Waals surface area (Å²) in [6.07, 6.45) is 0.323. The second kappa shape index (κ2) is 8.25. The molecule has 0 radical (unpaired) electrons. The second-order valence-corrected chi connectivity index (χ2v) is 12.0. The van der Waals surface area contributed by atoms with Crippen molar-refractivity contribution in [2.24, 2.45) is 0 Å². The third-order valence-corrected chi connectivity index (χ3v) is 8.58. The van der Waals surface area contributed by atoms with Crippen molar-refractivity contribution in [3.05, 3.63) is 82.2 Å². The van der Waals surface area contributed by atoms with Gasteiger partial charge in [0, 0.05) is 16.9 Å². The molecule has 0 N–H and O–H groups in total. The Morgan fingerprint density at radius 3 is 2.03 bits per heavy atom. The van der Waals surface area contributed by atoms with Gasteiger partial charge in [0.15, 0.2) is 15.6 Å². The first kappa shape index (κ1) is 21.5. The van der Waals surface area contributed by atoms with Gasteiger partial charge in [-0.05, 0) is 61.4 Å². The lowest BCUT2D eigenvalue weighted by atomic mass is 10.0. The van der Waals surface area contributed by atoms with E-state index in [1.807, 2.05) is 24.3 Å². The normalized spacial score (nSPS) is 12.1. The van der Waals surface area contributed by atoms with Crippen molar-refractivity contribution >= 4 is 27.0 Å². The van der Waals surface area contributed by atoms with Crippen molar-refractivity contribution in [2.45, 2.75) is 44.6 Å². The zero-order chi connectivity index (χ0) is 21.2. The highest BCUT2D eigenvalue weighted by Crippen LogP contribution is 2.27. The number of hydrogen-bond donors (Lipinski definition) is 0. The van der Waals surface area contributed by atoms with Gasteiger partial charge in [0.05, 0.1) is 10.5 Å². The molecular formula is C24H26O3S2. The van der Waals surface area contributed by atoms with Gasteiger partial charge in [-0.1, -0.05) is 48.5 Å². The molecule has 1 heterocycles. The molecule has 152 valence electrons. The van der Waals surface area contributed by atoms with E-state index in [-0.39, 0.29) is 11.5 Å². The minimum Gasteiger partial charge on any atom is -0.294 e. The molecule has 29 heavy (non-hydrogen) atoms. The number of carbonyl (C=O) groups excluding carboxylic acids is 1. The number of Topliss-reactive ketones (excluding diaryl/α,β-unsaturated/α-hetero) is 1. The van der Waals surface area contributed by atoms with Crippen LogP contribution in [0.4, 0.5) is 0 Å². The summed E-state index contributed by atoms with van der Waals surface area (Å²) in [5, 5.41) is 2.13. The topological polar surface area (TPSA) is 51.2 Å². The first-order chi connectivity index (χ1) is 13.5. The molecule has 0 aliphatic carbocycles. The molecule has 0 bridgehead atoms. The van der Waals surface area contributed by atoms with E-state index < -0.39 is 14.6 Å². The monoisotopic (exact) mass is 426 g/mol. The third kappa shape index (κ3) is 5.22. The summed E-state index contributed by atoms with van der Waals surface area (Å²) in [6, 6.07) is 17.2. The average molecular weight is 427 g/mol. The number of aryl methyl sites for hydroxylation is 1. The Hall–Kier alpha value is -2.24. The first-order valence-corrected chi connectivity index (χ1v) is 12.1. The number of carbonyl (C=O) groups is 1.